The summed E-state index contributed by atoms with van der Waals surface area (Å²) in [5.41, 5.74) is 3.64. The van der Waals surface area contributed by atoms with Crippen LogP contribution in [0, 0.1) is 0 Å². The molecule has 2 aromatic carbocycles. The van der Waals surface area contributed by atoms with Crippen LogP contribution in [0.1, 0.15) is 47.6 Å². The monoisotopic (exact) mass is 465 g/mol. The van der Waals surface area contributed by atoms with Crippen molar-refractivity contribution in [1.82, 2.24) is 4.90 Å². The Labute approximate surface area is 199 Å². The fourth-order valence-corrected chi connectivity index (χ4v) is 4.98. The van der Waals surface area contributed by atoms with Crippen molar-refractivity contribution in [3.63, 3.8) is 0 Å². The van der Waals surface area contributed by atoms with Gasteiger partial charge in [0.05, 0.1) is 25.8 Å². The number of para-hydroxylation sites is 1. The van der Waals surface area contributed by atoms with Gasteiger partial charge in [-0.3, -0.25) is 9.59 Å². The summed E-state index contributed by atoms with van der Waals surface area (Å²) >= 11 is 0. The number of amides is 1. The fourth-order valence-electron chi connectivity index (χ4n) is 4.98. The SMILES string of the molecule is COCCCN1C(=O)C(=O)/C(=C(/O)c2ccc3c(c2)CCCC3)C1c1cccc(OC)c1OC. The van der Waals surface area contributed by atoms with Gasteiger partial charge in [-0.25, -0.2) is 0 Å². The summed E-state index contributed by atoms with van der Waals surface area (Å²) in [7, 11) is 4.64. The number of aliphatic hydroxyl groups is 1. The molecule has 7 nitrogen and oxygen atoms in total. The van der Waals surface area contributed by atoms with Crippen LogP contribution in [-0.2, 0) is 27.2 Å². The number of aryl methyl sites for hydroxylation is 2. The molecule has 180 valence electrons. The first-order valence-corrected chi connectivity index (χ1v) is 11.6. The van der Waals surface area contributed by atoms with Crippen molar-refractivity contribution in [3.8, 4) is 11.5 Å². The molecule has 1 atom stereocenters. The van der Waals surface area contributed by atoms with E-state index < -0.39 is 17.7 Å². The van der Waals surface area contributed by atoms with Crippen LogP contribution in [0.15, 0.2) is 42.0 Å². The number of nitrogens with zero attached hydrogens (tertiary/aromatic N) is 1. The minimum atomic E-state index is -0.807. The topological polar surface area (TPSA) is 85.3 Å². The Morgan fingerprint density at radius 1 is 1.03 bits per heavy atom. The number of carbonyl (C=O) groups excluding carboxylic acids is 2. The number of rotatable bonds is 8. The quantitative estimate of drug-likeness (QED) is 0.274. The molecule has 34 heavy (non-hydrogen) atoms. The smallest absolute Gasteiger partial charge is 0.295 e. The van der Waals surface area contributed by atoms with E-state index in [0.29, 0.717) is 42.2 Å². The van der Waals surface area contributed by atoms with Gasteiger partial charge in [-0.15, -0.1) is 0 Å². The summed E-state index contributed by atoms with van der Waals surface area (Å²) in [6.45, 7) is 0.736. The highest BCUT2D eigenvalue weighted by Gasteiger charge is 2.47. The largest absolute Gasteiger partial charge is 0.507 e. The van der Waals surface area contributed by atoms with E-state index in [9.17, 15) is 14.7 Å². The second kappa shape index (κ2) is 10.3. The number of ketones is 1. The maximum atomic E-state index is 13.3. The van der Waals surface area contributed by atoms with Crippen LogP contribution in [0.25, 0.3) is 5.76 Å². The van der Waals surface area contributed by atoms with E-state index in [1.54, 1.807) is 25.3 Å². The lowest BCUT2D eigenvalue weighted by Gasteiger charge is -2.27. The summed E-state index contributed by atoms with van der Waals surface area (Å²) < 4.78 is 16.2. The zero-order chi connectivity index (χ0) is 24.2. The van der Waals surface area contributed by atoms with E-state index in [1.165, 1.54) is 30.2 Å². The normalized spacial score (nSPS) is 19.3. The highest BCUT2D eigenvalue weighted by Crippen LogP contribution is 2.45. The zero-order valence-corrected chi connectivity index (χ0v) is 19.9. The molecular formula is C27H31NO6. The third-order valence-corrected chi connectivity index (χ3v) is 6.64. The predicted molar refractivity (Wildman–Crippen MR) is 128 cm³/mol. The minimum absolute atomic E-state index is 0.0599. The second-order valence-corrected chi connectivity index (χ2v) is 8.61. The molecule has 1 saturated heterocycles. The lowest BCUT2D eigenvalue weighted by Crippen LogP contribution is -2.31. The highest BCUT2D eigenvalue weighted by atomic mass is 16.5. The molecule has 1 N–H and O–H groups in total. The predicted octanol–water partition coefficient (Wildman–Crippen LogP) is 4.04. The zero-order valence-electron chi connectivity index (χ0n) is 19.9. The molecule has 7 heteroatoms. The number of fused-ring (bicyclic) bond motifs is 1. The number of Topliss-reactive ketones (excluding diaryl/α,β-unsaturated/α-hetero) is 1. The highest BCUT2D eigenvalue weighted by molar-refractivity contribution is 6.46. The molecule has 1 unspecified atom stereocenters. The Hall–Kier alpha value is -3.32. The van der Waals surface area contributed by atoms with Gasteiger partial charge in [0, 0.05) is 31.4 Å². The number of benzene rings is 2. The molecule has 0 spiro atoms. The molecule has 1 amide bonds. The molecule has 0 radical (unpaired) electrons. The number of aliphatic hydroxyl groups excluding tert-OH is 1. The van der Waals surface area contributed by atoms with E-state index in [-0.39, 0.29) is 11.3 Å². The van der Waals surface area contributed by atoms with Gasteiger partial charge >= 0.3 is 0 Å². The first-order chi connectivity index (χ1) is 16.5. The molecule has 2 aromatic rings. The molecule has 1 heterocycles. The van der Waals surface area contributed by atoms with Gasteiger partial charge in [0.15, 0.2) is 11.5 Å². The fraction of sp³-hybridized carbons (Fsp3) is 0.407. The van der Waals surface area contributed by atoms with Crippen LogP contribution in [0.2, 0.25) is 0 Å². The van der Waals surface area contributed by atoms with Gasteiger partial charge in [-0.2, -0.15) is 0 Å². The van der Waals surface area contributed by atoms with E-state index in [1.807, 2.05) is 18.2 Å². The third kappa shape index (κ3) is 4.28. The summed E-state index contributed by atoms with van der Waals surface area (Å²) in [6.07, 6.45) is 4.75. The first kappa shape index (κ1) is 23.8. The van der Waals surface area contributed by atoms with Crippen LogP contribution in [0.5, 0.6) is 11.5 Å². The summed E-state index contributed by atoms with van der Waals surface area (Å²) in [4.78, 5) is 27.9. The summed E-state index contributed by atoms with van der Waals surface area (Å²) in [5, 5.41) is 11.4. The number of carbonyl (C=O) groups is 2. The maximum absolute atomic E-state index is 13.3. The third-order valence-electron chi connectivity index (χ3n) is 6.64. The average Bonchev–Trinajstić information content (AvgIpc) is 3.12. The van der Waals surface area contributed by atoms with Crippen molar-refractivity contribution in [2.24, 2.45) is 0 Å². The Balaban J connectivity index is 1.87. The van der Waals surface area contributed by atoms with E-state index in [0.717, 1.165) is 25.7 Å². The van der Waals surface area contributed by atoms with E-state index in [2.05, 4.69) is 0 Å². The summed E-state index contributed by atoms with van der Waals surface area (Å²) in [6, 6.07) is 10.3. The molecule has 1 aliphatic carbocycles. The molecule has 1 aliphatic heterocycles. The molecule has 4 rings (SSSR count). The van der Waals surface area contributed by atoms with E-state index >= 15 is 0 Å². The van der Waals surface area contributed by atoms with E-state index in [4.69, 9.17) is 14.2 Å². The number of likely N-dealkylation sites (tertiary alicyclic amines) is 1. The molecule has 1 fully saturated rings. The van der Waals surface area contributed by atoms with Crippen molar-refractivity contribution in [1.29, 1.82) is 0 Å². The van der Waals surface area contributed by atoms with Crippen LogP contribution >= 0.6 is 0 Å². The van der Waals surface area contributed by atoms with Crippen LogP contribution in [0.3, 0.4) is 0 Å². The van der Waals surface area contributed by atoms with Crippen LogP contribution in [-0.4, -0.2) is 56.2 Å². The first-order valence-electron chi connectivity index (χ1n) is 11.6. The minimum Gasteiger partial charge on any atom is -0.507 e. The Bertz CT molecular complexity index is 1120. The van der Waals surface area contributed by atoms with Crippen molar-refractivity contribution < 1.29 is 28.9 Å². The standard InChI is InChI=1S/C27H31NO6/c1-32-15-7-14-28-23(20-10-6-11-21(33-2)26(20)34-3)22(25(30)27(28)31)24(29)19-13-12-17-8-4-5-9-18(17)16-19/h6,10-13,16,23,29H,4-5,7-9,14-15H2,1-3H3/b24-22+. The number of methoxy groups -OCH3 is 3. The van der Waals surface area contributed by atoms with Crippen molar-refractivity contribution in [2.45, 2.75) is 38.1 Å². The lowest BCUT2D eigenvalue weighted by atomic mass is 9.88. The van der Waals surface area contributed by atoms with Gasteiger partial charge < -0.3 is 24.2 Å². The van der Waals surface area contributed by atoms with Gasteiger partial charge in [0.25, 0.3) is 11.7 Å². The van der Waals surface area contributed by atoms with Gasteiger partial charge in [-0.1, -0.05) is 24.3 Å². The number of hydrogen-bond donors (Lipinski definition) is 1. The maximum Gasteiger partial charge on any atom is 0.295 e. The molecular weight excluding hydrogens is 434 g/mol. The second-order valence-electron chi connectivity index (χ2n) is 8.61. The van der Waals surface area contributed by atoms with Crippen LogP contribution < -0.4 is 9.47 Å². The molecule has 0 bridgehead atoms. The lowest BCUT2D eigenvalue weighted by molar-refractivity contribution is -0.140. The van der Waals surface area contributed by atoms with Gasteiger partial charge in [0.1, 0.15) is 5.76 Å². The number of ether oxygens (including phenoxy) is 3. The number of hydrogen-bond acceptors (Lipinski definition) is 6. The van der Waals surface area contributed by atoms with Crippen LogP contribution in [0.4, 0.5) is 0 Å². The molecule has 0 saturated carbocycles. The Morgan fingerprint density at radius 3 is 2.50 bits per heavy atom. The van der Waals surface area contributed by atoms with Gasteiger partial charge in [0.2, 0.25) is 0 Å². The Kier molecular flexibility index (Phi) is 7.22. The van der Waals surface area contributed by atoms with Crippen molar-refractivity contribution >= 4 is 17.4 Å². The Morgan fingerprint density at radius 2 is 1.79 bits per heavy atom. The van der Waals surface area contributed by atoms with Gasteiger partial charge in [-0.05, 0) is 55.4 Å². The average molecular weight is 466 g/mol. The molecule has 0 aromatic heterocycles. The molecule has 2 aliphatic rings. The summed E-state index contributed by atoms with van der Waals surface area (Å²) in [5.74, 6) is -0.620. The van der Waals surface area contributed by atoms with Crippen molar-refractivity contribution in [2.75, 3.05) is 34.5 Å². The van der Waals surface area contributed by atoms with Crippen molar-refractivity contribution in [3.05, 3.63) is 64.2 Å².